The lowest BCUT2D eigenvalue weighted by atomic mass is 9.49. The topological polar surface area (TPSA) is 55.0 Å². The smallest absolute Gasteiger partial charge is 0.264 e. The Morgan fingerprint density at radius 1 is 1.22 bits per heavy atom. The van der Waals surface area contributed by atoms with Crippen molar-refractivity contribution in [2.75, 3.05) is 0 Å². The maximum Gasteiger partial charge on any atom is 0.264 e. The average Bonchev–Trinajstić information content (AvgIpc) is 2.60. The number of nitrogens with zero attached hydrogens (tertiary/aromatic N) is 2. The molecule has 4 saturated carbocycles. The molecule has 4 nitrogen and oxygen atoms in total. The molecule has 0 aliphatic heterocycles. The van der Waals surface area contributed by atoms with Crippen molar-refractivity contribution in [3.05, 3.63) is 11.8 Å². The number of rotatable bonds is 2. The van der Waals surface area contributed by atoms with Gasteiger partial charge in [0, 0.05) is 5.41 Å². The van der Waals surface area contributed by atoms with Gasteiger partial charge in [-0.3, -0.25) is 10.7 Å². The third-order valence-electron chi connectivity index (χ3n) is 5.17. The first kappa shape index (κ1) is 12.3. The predicted octanol–water partition coefficient (Wildman–Crippen LogP) is -1.78. The Morgan fingerprint density at radius 3 is 2.22 bits per heavy atom. The first-order valence-electron chi connectivity index (χ1n) is 6.79. The van der Waals surface area contributed by atoms with Crippen LogP contribution in [0, 0.1) is 28.6 Å². The van der Waals surface area contributed by atoms with E-state index in [0.717, 1.165) is 24.3 Å². The minimum atomic E-state index is 0. The highest BCUT2D eigenvalue weighted by molar-refractivity contribution is 4.99. The Hall–Kier alpha value is -0.770. The summed E-state index contributed by atoms with van der Waals surface area (Å²) in [7, 11) is 0. The number of halogens is 1. The molecule has 0 atom stereocenters. The molecule has 1 heterocycles. The fourth-order valence-corrected chi connectivity index (χ4v) is 5.18. The molecule has 0 saturated heterocycles. The third kappa shape index (κ3) is 1.91. The molecule has 1 aromatic rings. The minimum Gasteiger partial charge on any atom is -1.00 e. The summed E-state index contributed by atoms with van der Waals surface area (Å²) in [5.74, 6) is 2.93. The van der Waals surface area contributed by atoms with Gasteiger partial charge >= 0.3 is 0 Å². The molecule has 0 amide bonds. The Labute approximate surface area is 113 Å². The van der Waals surface area contributed by atoms with E-state index in [2.05, 4.69) is 5.27 Å². The maximum atomic E-state index is 7.41. The second kappa shape index (κ2) is 4.12. The van der Waals surface area contributed by atoms with Crippen LogP contribution in [0.4, 0.5) is 0 Å². The minimum absolute atomic E-state index is 0. The van der Waals surface area contributed by atoms with Crippen LogP contribution in [0.3, 0.4) is 0 Å². The summed E-state index contributed by atoms with van der Waals surface area (Å²) in [5.41, 5.74) is 0.651. The molecule has 4 fully saturated rings. The standard InChI is InChI=1S/C13H19N3O.ClH/c14-12-7-16(15-17-12)8-13-4-9-1-10(5-13)3-11(2-9)6-13;/h7,9-11,14H,1-6,8H2;1H/p-1. The van der Waals surface area contributed by atoms with E-state index in [4.69, 9.17) is 9.93 Å². The van der Waals surface area contributed by atoms with Crippen molar-refractivity contribution in [1.82, 2.24) is 5.27 Å². The molecule has 0 spiro atoms. The Kier molecular flexibility index (Phi) is 2.81. The van der Waals surface area contributed by atoms with E-state index in [1.165, 1.54) is 38.5 Å². The van der Waals surface area contributed by atoms with Crippen LogP contribution in [-0.4, -0.2) is 0 Å². The molecule has 5 heteroatoms. The lowest BCUT2D eigenvalue weighted by molar-refractivity contribution is -0.780. The van der Waals surface area contributed by atoms with Crippen LogP contribution < -0.4 is 27.9 Å². The first-order chi connectivity index (χ1) is 8.21. The van der Waals surface area contributed by atoms with Gasteiger partial charge in [0.05, 0.1) is 0 Å². The first-order valence-corrected chi connectivity index (χ1v) is 6.79. The highest BCUT2D eigenvalue weighted by Crippen LogP contribution is 2.60. The number of nitrogens with one attached hydrogen (secondary N) is 1. The lowest BCUT2D eigenvalue weighted by Crippen LogP contribution is -3.00. The number of hydrogen-bond donors (Lipinski definition) is 1. The van der Waals surface area contributed by atoms with Gasteiger partial charge < -0.3 is 16.9 Å². The SMILES string of the molecule is N=c1c[n+](CC23CC4CC(CC(C4)C2)C3)[n-]o1.[Cl-]. The molecule has 4 bridgehead atoms. The van der Waals surface area contributed by atoms with Crippen molar-refractivity contribution in [3.8, 4) is 0 Å². The van der Waals surface area contributed by atoms with Crippen LogP contribution in [0.5, 0.6) is 0 Å². The zero-order valence-electron chi connectivity index (χ0n) is 10.4. The Balaban J connectivity index is 0.000001000. The monoisotopic (exact) mass is 268 g/mol. The van der Waals surface area contributed by atoms with Gasteiger partial charge in [-0.25, -0.2) is 4.68 Å². The van der Waals surface area contributed by atoms with Crippen molar-refractivity contribution < 1.29 is 21.6 Å². The van der Waals surface area contributed by atoms with Gasteiger partial charge in [0.25, 0.3) is 5.55 Å². The van der Waals surface area contributed by atoms with Crippen molar-refractivity contribution >= 4 is 0 Å². The summed E-state index contributed by atoms with van der Waals surface area (Å²) in [6.45, 7) is 0.971. The largest absolute Gasteiger partial charge is 1.00 e. The zero-order chi connectivity index (χ0) is 11.5. The van der Waals surface area contributed by atoms with Gasteiger partial charge in [0.1, 0.15) is 6.54 Å². The Bertz CT molecular complexity index is 457. The number of hydrogen-bond acceptors (Lipinski definition) is 2. The van der Waals surface area contributed by atoms with Crippen LogP contribution in [-0.2, 0) is 6.54 Å². The van der Waals surface area contributed by atoms with E-state index >= 15 is 0 Å². The van der Waals surface area contributed by atoms with Crippen LogP contribution in [0.2, 0.25) is 0 Å². The van der Waals surface area contributed by atoms with Gasteiger partial charge in [-0.2, -0.15) is 0 Å². The van der Waals surface area contributed by atoms with Crippen LogP contribution >= 0.6 is 0 Å². The fraction of sp³-hybridized carbons (Fsp3) is 0.846. The third-order valence-corrected chi connectivity index (χ3v) is 5.17. The van der Waals surface area contributed by atoms with E-state index in [1.807, 2.05) is 4.68 Å². The molecule has 5 rings (SSSR count). The lowest BCUT2D eigenvalue weighted by Gasteiger charge is -2.55. The van der Waals surface area contributed by atoms with Crippen molar-refractivity contribution in [2.45, 2.75) is 45.1 Å². The van der Waals surface area contributed by atoms with E-state index in [9.17, 15) is 0 Å². The molecular formula is C13H19ClN3O-. The molecule has 1 aromatic heterocycles. The summed E-state index contributed by atoms with van der Waals surface area (Å²) >= 11 is 0. The number of aromatic nitrogens is 2. The van der Waals surface area contributed by atoms with Crippen molar-refractivity contribution in [2.24, 2.45) is 23.2 Å². The molecular weight excluding hydrogens is 250 g/mol. The summed E-state index contributed by atoms with van der Waals surface area (Å²) in [5, 5.41) is 11.4. The molecule has 100 valence electrons. The quantitative estimate of drug-likeness (QED) is 0.645. The van der Waals surface area contributed by atoms with E-state index in [1.54, 1.807) is 6.20 Å². The molecule has 0 radical (unpaired) electrons. The van der Waals surface area contributed by atoms with E-state index in [0.29, 0.717) is 5.41 Å². The molecule has 0 aromatic carbocycles. The highest BCUT2D eigenvalue weighted by atomic mass is 35.5. The van der Waals surface area contributed by atoms with Crippen molar-refractivity contribution in [1.29, 1.82) is 5.41 Å². The second-order valence-electron chi connectivity index (χ2n) is 6.68. The summed E-state index contributed by atoms with van der Waals surface area (Å²) in [6, 6.07) is 0. The second-order valence-corrected chi connectivity index (χ2v) is 6.68. The summed E-state index contributed by atoms with van der Waals surface area (Å²) in [4.78, 5) is 0. The summed E-state index contributed by atoms with van der Waals surface area (Å²) in [6.07, 6.45) is 10.3. The fourth-order valence-electron chi connectivity index (χ4n) is 5.18. The van der Waals surface area contributed by atoms with Crippen LogP contribution in [0.25, 0.3) is 0 Å². The van der Waals surface area contributed by atoms with Crippen LogP contribution in [0.15, 0.2) is 10.7 Å². The van der Waals surface area contributed by atoms with Gasteiger partial charge in [-0.15, -0.1) is 0 Å². The molecule has 18 heavy (non-hydrogen) atoms. The molecule has 0 unspecified atom stereocenters. The van der Waals surface area contributed by atoms with Gasteiger partial charge in [-0.1, -0.05) is 0 Å². The zero-order valence-corrected chi connectivity index (χ0v) is 11.2. The normalized spacial score (nSPS) is 40.8. The van der Waals surface area contributed by atoms with Gasteiger partial charge in [0.2, 0.25) is 6.20 Å². The highest BCUT2D eigenvalue weighted by Gasteiger charge is 2.52. The maximum absolute atomic E-state index is 7.41. The van der Waals surface area contributed by atoms with E-state index < -0.39 is 0 Å². The van der Waals surface area contributed by atoms with Crippen molar-refractivity contribution in [3.63, 3.8) is 0 Å². The average molecular weight is 269 g/mol. The van der Waals surface area contributed by atoms with Crippen LogP contribution in [0.1, 0.15) is 38.5 Å². The van der Waals surface area contributed by atoms with Gasteiger partial charge in [-0.05, 0) is 56.3 Å². The van der Waals surface area contributed by atoms with E-state index in [-0.39, 0.29) is 18.0 Å². The molecule has 4 aliphatic carbocycles. The van der Waals surface area contributed by atoms with Gasteiger partial charge in [0.15, 0.2) is 0 Å². The molecule has 1 N–H and O–H groups in total. The summed E-state index contributed by atoms with van der Waals surface area (Å²) < 4.78 is 6.71. The molecule has 4 aliphatic rings. The predicted molar refractivity (Wildman–Crippen MR) is 58.7 cm³/mol. The Morgan fingerprint density at radius 2 is 1.78 bits per heavy atom.